The minimum Gasteiger partial charge on any atom is -0.384 e. The molecule has 0 radical (unpaired) electrons. The van der Waals surface area contributed by atoms with Crippen LogP contribution in [0, 0.1) is 0 Å². The molecule has 0 bridgehead atoms. The first-order valence-electron chi connectivity index (χ1n) is 7.98. The molecule has 4 aromatic rings. The lowest BCUT2D eigenvalue weighted by molar-refractivity contribution is 1.10. The molecule has 0 fully saturated rings. The summed E-state index contributed by atoms with van der Waals surface area (Å²) >= 11 is 9.92. The summed E-state index contributed by atoms with van der Waals surface area (Å²) in [4.78, 5) is 8.62. The van der Waals surface area contributed by atoms with Gasteiger partial charge in [0.15, 0.2) is 5.65 Å². The molecule has 26 heavy (non-hydrogen) atoms. The Balaban J connectivity index is 1.84. The SMILES string of the molecule is Nc1c(-c2ccccc2Cl)cc(NCc2cccnc2)c2ncc(Br)n12. The van der Waals surface area contributed by atoms with Crippen molar-refractivity contribution < 1.29 is 0 Å². The quantitative estimate of drug-likeness (QED) is 0.479. The first-order chi connectivity index (χ1) is 12.6. The van der Waals surface area contributed by atoms with Gasteiger partial charge < -0.3 is 11.1 Å². The van der Waals surface area contributed by atoms with Gasteiger partial charge in [-0.1, -0.05) is 35.9 Å². The number of aromatic nitrogens is 3. The number of nitrogen functional groups attached to an aromatic ring is 1. The lowest BCUT2D eigenvalue weighted by Crippen LogP contribution is -2.06. The fourth-order valence-electron chi connectivity index (χ4n) is 2.88. The molecule has 5 nitrogen and oxygen atoms in total. The van der Waals surface area contributed by atoms with E-state index in [0.29, 0.717) is 17.4 Å². The van der Waals surface area contributed by atoms with Crippen LogP contribution in [0.1, 0.15) is 5.56 Å². The number of halogens is 2. The van der Waals surface area contributed by atoms with E-state index in [1.807, 2.05) is 53.1 Å². The predicted octanol–water partition coefficient (Wildman–Crippen LogP) is 5.01. The average molecular weight is 429 g/mol. The van der Waals surface area contributed by atoms with E-state index in [1.54, 1.807) is 12.4 Å². The second-order valence-corrected chi connectivity index (χ2v) is 7.01. The second kappa shape index (κ2) is 6.97. The van der Waals surface area contributed by atoms with E-state index in [9.17, 15) is 0 Å². The third-order valence-electron chi connectivity index (χ3n) is 4.14. The fraction of sp³-hybridized carbons (Fsp3) is 0.0526. The molecule has 0 aliphatic rings. The Morgan fingerprint density at radius 3 is 2.73 bits per heavy atom. The van der Waals surface area contributed by atoms with E-state index in [2.05, 4.69) is 31.2 Å². The molecule has 3 heterocycles. The number of hydrogen-bond donors (Lipinski definition) is 2. The molecular weight excluding hydrogens is 414 g/mol. The summed E-state index contributed by atoms with van der Waals surface area (Å²) in [6.07, 6.45) is 5.32. The molecule has 0 amide bonds. The third-order valence-corrected chi connectivity index (χ3v) is 5.02. The predicted molar refractivity (Wildman–Crippen MR) is 109 cm³/mol. The van der Waals surface area contributed by atoms with Gasteiger partial charge in [-0.3, -0.25) is 9.38 Å². The molecule has 1 aromatic carbocycles. The van der Waals surface area contributed by atoms with E-state index >= 15 is 0 Å². The first-order valence-corrected chi connectivity index (χ1v) is 9.15. The zero-order valence-electron chi connectivity index (χ0n) is 13.7. The Kier molecular flexibility index (Phi) is 4.53. The van der Waals surface area contributed by atoms with Crippen molar-refractivity contribution >= 4 is 44.7 Å². The fourth-order valence-corrected chi connectivity index (χ4v) is 3.58. The standard InChI is InChI=1S/C19H15BrClN5/c20-17-11-25-19-16(24-10-12-4-3-7-23-9-12)8-14(18(22)26(17)19)13-5-1-2-6-15(13)21/h1-9,11,24H,10,22H2. The van der Waals surface area contributed by atoms with Crippen molar-refractivity contribution in [2.24, 2.45) is 0 Å². The molecule has 0 saturated carbocycles. The van der Waals surface area contributed by atoms with Gasteiger partial charge in [-0.2, -0.15) is 0 Å². The van der Waals surface area contributed by atoms with Crippen molar-refractivity contribution in [3.63, 3.8) is 0 Å². The Morgan fingerprint density at radius 1 is 1.12 bits per heavy atom. The number of nitrogens with two attached hydrogens (primary N) is 1. The van der Waals surface area contributed by atoms with Crippen LogP contribution < -0.4 is 11.1 Å². The van der Waals surface area contributed by atoms with Gasteiger partial charge in [0.1, 0.15) is 10.4 Å². The number of benzene rings is 1. The zero-order valence-corrected chi connectivity index (χ0v) is 16.0. The molecule has 0 unspecified atom stereocenters. The second-order valence-electron chi connectivity index (χ2n) is 5.79. The molecule has 130 valence electrons. The molecular formula is C19H15BrClN5. The minimum absolute atomic E-state index is 0.574. The summed E-state index contributed by atoms with van der Waals surface area (Å²) in [5.41, 5.74) is 10.8. The van der Waals surface area contributed by atoms with Gasteiger partial charge in [-0.25, -0.2) is 4.98 Å². The van der Waals surface area contributed by atoms with Gasteiger partial charge in [-0.05, 0) is 39.7 Å². The van der Waals surface area contributed by atoms with Gasteiger partial charge in [0.05, 0.1) is 11.9 Å². The van der Waals surface area contributed by atoms with Crippen LogP contribution in [0.15, 0.2) is 65.7 Å². The van der Waals surface area contributed by atoms with Crippen molar-refractivity contribution in [1.29, 1.82) is 0 Å². The number of anilines is 2. The maximum atomic E-state index is 6.44. The van der Waals surface area contributed by atoms with Crippen LogP contribution in [-0.2, 0) is 6.54 Å². The molecule has 7 heteroatoms. The lowest BCUT2D eigenvalue weighted by Gasteiger charge is -2.15. The summed E-state index contributed by atoms with van der Waals surface area (Å²) in [5, 5.41) is 4.08. The van der Waals surface area contributed by atoms with Crippen molar-refractivity contribution in [1.82, 2.24) is 14.4 Å². The summed E-state index contributed by atoms with van der Waals surface area (Å²) in [6.45, 7) is 0.625. The van der Waals surface area contributed by atoms with Crippen LogP contribution in [0.25, 0.3) is 16.8 Å². The Bertz CT molecular complexity index is 1080. The highest BCUT2D eigenvalue weighted by Gasteiger charge is 2.16. The molecule has 4 rings (SSSR count). The number of imidazole rings is 1. The van der Waals surface area contributed by atoms with Crippen LogP contribution in [0.4, 0.5) is 11.5 Å². The zero-order chi connectivity index (χ0) is 18.1. The Labute approximate surface area is 164 Å². The molecule has 0 aliphatic heterocycles. The molecule has 0 atom stereocenters. The number of nitrogens with zero attached hydrogens (tertiary/aromatic N) is 3. The summed E-state index contributed by atoms with van der Waals surface area (Å²) in [5.74, 6) is 0.574. The van der Waals surface area contributed by atoms with Crippen LogP contribution in [0.3, 0.4) is 0 Å². The number of nitrogens with one attached hydrogen (secondary N) is 1. The Morgan fingerprint density at radius 2 is 1.96 bits per heavy atom. The molecule has 0 spiro atoms. The summed E-state index contributed by atoms with van der Waals surface area (Å²) in [7, 11) is 0. The molecule has 0 saturated heterocycles. The number of hydrogen-bond acceptors (Lipinski definition) is 4. The van der Waals surface area contributed by atoms with E-state index in [1.165, 1.54) is 0 Å². The van der Waals surface area contributed by atoms with Crippen molar-refractivity contribution in [3.05, 3.63) is 76.2 Å². The van der Waals surface area contributed by atoms with Crippen LogP contribution in [0.5, 0.6) is 0 Å². The number of rotatable bonds is 4. The van der Waals surface area contributed by atoms with Gasteiger partial charge in [0.2, 0.25) is 0 Å². The van der Waals surface area contributed by atoms with Crippen molar-refractivity contribution in [3.8, 4) is 11.1 Å². The topological polar surface area (TPSA) is 68.2 Å². The van der Waals surface area contributed by atoms with Crippen molar-refractivity contribution in [2.45, 2.75) is 6.54 Å². The van der Waals surface area contributed by atoms with E-state index in [4.69, 9.17) is 17.3 Å². The van der Waals surface area contributed by atoms with E-state index in [0.717, 1.165) is 32.6 Å². The first kappa shape index (κ1) is 16.9. The highest BCUT2D eigenvalue weighted by Crippen LogP contribution is 2.37. The molecule has 3 N–H and O–H groups in total. The summed E-state index contributed by atoms with van der Waals surface area (Å²) in [6, 6.07) is 13.6. The van der Waals surface area contributed by atoms with E-state index in [-0.39, 0.29) is 0 Å². The summed E-state index contributed by atoms with van der Waals surface area (Å²) < 4.78 is 2.65. The van der Waals surface area contributed by atoms with E-state index < -0.39 is 0 Å². The normalized spacial score (nSPS) is 11.0. The van der Waals surface area contributed by atoms with Crippen molar-refractivity contribution in [2.75, 3.05) is 11.1 Å². The smallest absolute Gasteiger partial charge is 0.162 e. The highest BCUT2D eigenvalue weighted by atomic mass is 79.9. The van der Waals surface area contributed by atoms with Crippen LogP contribution >= 0.6 is 27.5 Å². The maximum Gasteiger partial charge on any atom is 0.162 e. The number of pyridine rings is 2. The number of fused-ring (bicyclic) bond motifs is 1. The lowest BCUT2D eigenvalue weighted by atomic mass is 10.1. The Hall–Kier alpha value is -2.57. The average Bonchev–Trinajstić information content (AvgIpc) is 3.05. The molecule has 3 aromatic heterocycles. The van der Waals surface area contributed by atoms with Gasteiger partial charge in [-0.15, -0.1) is 0 Å². The van der Waals surface area contributed by atoms with Crippen LogP contribution in [-0.4, -0.2) is 14.4 Å². The minimum atomic E-state index is 0.574. The third kappa shape index (κ3) is 3.02. The maximum absolute atomic E-state index is 6.44. The monoisotopic (exact) mass is 427 g/mol. The highest BCUT2D eigenvalue weighted by molar-refractivity contribution is 9.10. The van der Waals surface area contributed by atoms with Crippen LogP contribution in [0.2, 0.25) is 5.02 Å². The molecule has 0 aliphatic carbocycles. The van der Waals surface area contributed by atoms with Gasteiger partial charge >= 0.3 is 0 Å². The van der Waals surface area contributed by atoms with Gasteiger partial charge in [0, 0.05) is 35.1 Å². The largest absolute Gasteiger partial charge is 0.384 e. The van der Waals surface area contributed by atoms with Gasteiger partial charge in [0.25, 0.3) is 0 Å².